The van der Waals surface area contributed by atoms with Crippen molar-refractivity contribution in [2.24, 2.45) is 0 Å². The van der Waals surface area contributed by atoms with Crippen LogP contribution in [0.25, 0.3) is 0 Å². The Bertz CT molecular complexity index is 1070. The summed E-state index contributed by atoms with van der Waals surface area (Å²) in [5, 5.41) is 0. The maximum atomic E-state index is 12.4. The minimum Gasteiger partial charge on any atom is -0.493 e. The minimum absolute atomic E-state index is 0.234. The van der Waals surface area contributed by atoms with E-state index in [1.165, 1.54) is 18.9 Å². The van der Waals surface area contributed by atoms with Gasteiger partial charge in [-0.25, -0.2) is 4.79 Å². The average Bonchev–Trinajstić information content (AvgIpc) is 2.81. The van der Waals surface area contributed by atoms with Crippen LogP contribution in [0.2, 0.25) is 0 Å². The van der Waals surface area contributed by atoms with Crippen molar-refractivity contribution in [1.29, 1.82) is 0 Å². The Morgan fingerprint density at radius 1 is 0.906 bits per heavy atom. The first-order valence-corrected chi connectivity index (χ1v) is 10.1. The molecule has 0 bridgehead atoms. The molecule has 0 heterocycles. The highest BCUT2D eigenvalue weighted by Gasteiger charge is 2.21. The lowest BCUT2D eigenvalue weighted by molar-refractivity contribution is -0.115. The van der Waals surface area contributed by atoms with Crippen molar-refractivity contribution in [3.05, 3.63) is 91.0 Å². The first-order chi connectivity index (χ1) is 15.5. The molecular weight excluding hydrogens is 406 g/mol. The van der Waals surface area contributed by atoms with E-state index in [1.54, 1.807) is 48.5 Å². The first kappa shape index (κ1) is 22.6. The summed E-state index contributed by atoms with van der Waals surface area (Å²) in [6.07, 6.45) is 2.59. The Labute approximate surface area is 187 Å². The maximum Gasteiger partial charge on any atom is 0.339 e. The molecule has 0 saturated carbocycles. The van der Waals surface area contributed by atoms with Crippen LogP contribution in [0.3, 0.4) is 0 Å². The van der Waals surface area contributed by atoms with Gasteiger partial charge in [0.05, 0.1) is 25.0 Å². The summed E-state index contributed by atoms with van der Waals surface area (Å²) in [6, 6.07) is 21.2. The SMILES string of the molecule is C=CCCOc1ccc(Oc2ccc(N(C(C)=O)c3ccccc3C(=O)OC)cc2)cc1. The van der Waals surface area contributed by atoms with Crippen molar-refractivity contribution >= 4 is 23.3 Å². The highest BCUT2D eigenvalue weighted by atomic mass is 16.5. The molecule has 0 N–H and O–H groups in total. The number of benzene rings is 3. The molecule has 0 radical (unpaired) electrons. The third kappa shape index (κ3) is 5.55. The van der Waals surface area contributed by atoms with Crippen LogP contribution in [-0.4, -0.2) is 25.6 Å². The Morgan fingerprint density at radius 2 is 1.50 bits per heavy atom. The summed E-state index contributed by atoms with van der Waals surface area (Å²) >= 11 is 0. The molecule has 1 amide bonds. The zero-order valence-corrected chi connectivity index (χ0v) is 18.1. The zero-order valence-electron chi connectivity index (χ0n) is 18.1. The molecule has 6 nitrogen and oxygen atoms in total. The first-order valence-electron chi connectivity index (χ1n) is 10.1. The monoisotopic (exact) mass is 431 g/mol. The van der Waals surface area contributed by atoms with Crippen LogP contribution in [0.1, 0.15) is 23.7 Å². The van der Waals surface area contributed by atoms with E-state index < -0.39 is 5.97 Å². The van der Waals surface area contributed by atoms with Crippen molar-refractivity contribution in [2.45, 2.75) is 13.3 Å². The zero-order chi connectivity index (χ0) is 22.9. The van der Waals surface area contributed by atoms with Crippen molar-refractivity contribution in [2.75, 3.05) is 18.6 Å². The second-order valence-corrected chi connectivity index (χ2v) is 6.86. The highest BCUT2D eigenvalue weighted by molar-refractivity contribution is 6.06. The Kier molecular flexibility index (Phi) is 7.65. The van der Waals surface area contributed by atoms with Crippen molar-refractivity contribution in [3.8, 4) is 17.2 Å². The van der Waals surface area contributed by atoms with Crippen LogP contribution >= 0.6 is 0 Å². The molecule has 32 heavy (non-hydrogen) atoms. The molecule has 0 aromatic heterocycles. The molecular formula is C26H25NO5. The number of hydrogen-bond donors (Lipinski definition) is 0. The quantitative estimate of drug-likeness (QED) is 0.240. The number of methoxy groups -OCH3 is 1. The van der Waals surface area contributed by atoms with Gasteiger partial charge in [-0.1, -0.05) is 18.2 Å². The molecule has 0 unspecified atom stereocenters. The number of amides is 1. The number of nitrogens with zero attached hydrogens (tertiary/aromatic N) is 1. The third-order valence-corrected chi connectivity index (χ3v) is 4.61. The van der Waals surface area contributed by atoms with Crippen LogP contribution in [0.15, 0.2) is 85.5 Å². The summed E-state index contributed by atoms with van der Waals surface area (Å²) in [5.74, 6) is 1.29. The van der Waals surface area contributed by atoms with E-state index in [4.69, 9.17) is 14.2 Å². The van der Waals surface area contributed by atoms with Crippen LogP contribution in [-0.2, 0) is 9.53 Å². The fourth-order valence-electron chi connectivity index (χ4n) is 3.11. The van der Waals surface area contributed by atoms with Gasteiger partial charge in [-0.3, -0.25) is 9.69 Å². The lowest BCUT2D eigenvalue weighted by atomic mass is 10.1. The summed E-state index contributed by atoms with van der Waals surface area (Å²) in [6.45, 7) is 5.69. The number of carbonyl (C=O) groups excluding carboxylic acids is 2. The standard InChI is InChI=1S/C26H25NO5/c1-4-5-18-31-21-14-16-23(17-15-21)32-22-12-10-20(11-13-22)27(19(2)28)25-9-7-6-8-24(25)26(29)30-3/h4,6-17H,1,5,18H2,2-3H3. The third-order valence-electron chi connectivity index (χ3n) is 4.61. The summed E-state index contributed by atoms with van der Waals surface area (Å²) in [4.78, 5) is 26.1. The highest BCUT2D eigenvalue weighted by Crippen LogP contribution is 2.32. The van der Waals surface area contributed by atoms with Gasteiger partial charge >= 0.3 is 5.97 Å². The number of esters is 1. The number of carbonyl (C=O) groups is 2. The largest absolute Gasteiger partial charge is 0.493 e. The van der Waals surface area contributed by atoms with Crippen LogP contribution in [0, 0.1) is 0 Å². The molecule has 3 aromatic carbocycles. The minimum atomic E-state index is -0.510. The predicted octanol–water partition coefficient (Wildman–Crippen LogP) is 5.91. The van der Waals surface area contributed by atoms with Gasteiger partial charge in [0.1, 0.15) is 17.2 Å². The van der Waals surface area contributed by atoms with Crippen molar-refractivity contribution in [3.63, 3.8) is 0 Å². The molecule has 0 fully saturated rings. The lowest BCUT2D eigenvalue weighted by Gasteiger charge is -2.23. The van der Waals surface area contributed by atoms with Crippen molar-refractivity contribution < 1.29 is 23.8 Å². The van der Waals surface area contributed by atoms with E-state index in [2.05, 4.69) is 6.58 Å². The smallest absolute Gasteiger partial charge is 0.339 e. The Balaban J connectivity index is 1.77. The molecule has 0 atom stereocenters. The molecule has 0 aliphatic heterocycles. The maximum absolute atomic E-state index is 12.4. The number of rotatable bonds is 9. The molecule has 0 spiro atoms. The van der Waals surface area contributed by atoms with Gasteiger partial charge < -0.3 is 14.2 Å². The van der Waals surface area contributed by atoms with E-state index >= 15 is 0 Å². The number of anilines is 2. The average molecular weight is 431 g/mol. The topological polar surface area (TPSA) is 65.1 Å². The molecule has 3 aromatic rings. The number of hydrogen-bond acceptors (Lipinski definition) is 5. The number of para-hydroxylation sites is 1. The molecule has 3 rings (SSSR count). The molecule has 6 heteroatoms. The van der Waals surface area contributed by atoms with E-state index in [-0.39, 0.29) is 5.91 Å². The summed E-state index contributed by atoms with van der Waals surface area (Å²) in [7, 11) is 1.31. The Hall–Kier alpha value is -4.06. The van der Waals surface area contributed by atoms with Gasteiger partial charge in [-0.05, 0) is 67.1 Å². The van der Waals surface area contributed by atoms with Gasteiger partial charge in [-0.15, -0.1) is 6.58 Å². The van der Waals surface area contributed by atoms with Gasteiger partial charge in [-0.2, -0.15) is 0 Å². The second kappa shape index (κ2) is 10.8. The van der Waals surface area contributed by atoms with E-state index in [1.807, 2.05) is 30.3 Å². The van der Waals surface area contributed by atoms with Crippen LogP contribution in [0.4, 0.5) is 11.4 Å². The van der Waals surface area contributed by atoms with Gasteiger partial charge in [0.15, 0.2) is 0 Å². The molecule has 0 aliphatic carbocycles. The van der Waals surface area contributed by atoms with Gasteiger partial charge in [0, 0.05) is 12.6 Å². The second-order valence-electron chi connectivity index (χ2n) is 6.86. The normalized spacial score (nSPS) is 10.2. The van der Waals surface area contributed by atoms with Crippen LogP contribution in [0.5, 0.6) is 17.2 Å². The molecule has 0 saturated heterocycles. The summed E-state index contributed by atoms with van der Waals surface area (Å²) < 4.78 is 16.3. The van der Waals surface area contributed by atoms with E-state index in [0.717, 1.165) is 12.2 Å². The van der Waals surface area contributed by atoms with Gasteiger partial charge in [0.25, 0.3) is 0 Å². The fraction of sp³-hybridized carbons (Fsp3) is 0.154. The lowest BCUT2D eigenvalue weighted by Crippen LogP contribution is -2.25. The number of ether oxygens (including phenoxy) is 3. The van der Waals surface area contributed by atoms with Crippen molar-refractivity contribution in [1.82, 2.24) is 0 Å². The Morgan fingerprint density at radius 3 is 2.09 bits per heavy atom. The van der Waals surface area contributed by atoms with Gasteiger partial charge in [0.2, 0.25) is 5.91 Å². The molecule has 164 valence electrons. The van der Waals surface area contributed by atoms with E-state index in [9.17, 15) is 9.59 Å². The van der Waals surface area contributed by atoms with E-state index in [0.29, 0.717) is 35.0 Å². The fourth-order valence-corrected chi connectivity index (χ4v) is 3.11. The summed E-state index contributed by atoms with van der Waals surface area (Å²) in [5.41, 5.74) is 1.36. The molecule has 0 aliphatic rings. The van der Waals surface area contributed by atoms with Crippen LogP contribution < -0.4 is 14.4 Å². The predicted molar refractivity (Wildman–Crippen MR) is 124 cm³/mol.